The molecule has 1 rings (SSSR count). The average Bonchev–Trinajstić information content (AvgIpc) is 1.65. The van der Waals surface area contributed by atoms with Crippen LogP contribution in [-0.2, 0) is 0 Å². The fraction of sp³-hybridized carbons (Fsp3) is 1.00. The van der Waals surface area contributed by atoms with Gasteiger partial charge in [-0.1, -0.05) is 11.6 Å². The predicted molar refractivity (Wildman–Crippen MR) is 40.2 cm³/mol. The van der Waals surface area contributed by atoms with Gasteiger partial charge in [0, 0.05) is 12.8 Å². The number of nitrogens with one attached hydrogen (secondary N) is 1. The van der Waals surface area contributed by atoms with E-state index in [1.807, 2.05) is 0 Å². The molecule has 1 saturated heterocycles. The van der Waals surface area contributed by atoms with E-state index in [9.17, 15) is 0 Å². The summed E-state index contributed by atoms with van der Waals surface area (Å²) in [6, 6.07) is 0. The Morgan fingerprint density at radius 2 is 1.78 bits per heavy atom. The maximum atomic E-state index is 9.10. The second-order valence-corrected chi connectivity index (χ2v) is 2.87. The third-order valence-corrected chi connectivity index (χ3v) is 1.75. The van der Waals surface area contributed by atoms with E-state index in [0.29, 0.717) is 12.8 Å². The normalized spacial score (nSPS) is 24.7. The van der Waals surface area contributed by atoms with Crippen molar-refractivity contribution in [3.63, 3.8) is 0 Å². The first kappa shape index (κ1) is 9.50. The topological polar surface area (TPSA) is 32.3 Å². The minimum atomic E-state index is -0.911. The third-order valence-electron chi connectivity index (χ3n) is 1.37. The van der Waals surface area contributed by atoms with Crippen molar-refractivity contribution in [3.8, 4) is 0 Å². The van der Waals surface area contributed by atoms with Crippen LogP contribution in [0.2, 0.25) is 0 Å². The summed E-state index contributed by atoms with van der Waals surface area (Å²) in [5.41, 5.74) is 0. The summed E-state index contributed by atoms with van der Waals surface area (Å²) in [7, 11) is 0. The molecule has 0 atom stereocenters. The fourth-order valence-electron chi connectivity index (χ4n) is 0.810. The Kier molecular flexibility index (Phi) is 3.82. The lowest BCUT2D eigenvalue weighted by atomic mass is 10.1. The van der Waals surface area contributed by atoms with Crippen molar-refractivity contribution in [2.24, 2.45) is 0 Å². The van der Waals surface area contributed by atoms with Gasteiger partial charge in [0.2, 0.25) is 0 Å². The molecule has 0 radical (unpaired) electrons. The molecule has 1 aliphatic heterocycles. The first-order chi connectivity index (χ1) is 3.71. The minimum Gasteiger partial charge on any atom is -0.375 e. The van der Waals surface area contributed by atoms with Gasteiger partial charge in [-0.15, -0.1) is 12.4 Å². The van der Waals surface area contributed by atoms with E-state index in [1.165, 1.54) is 0 Å². The van der Waals surface area contributed by atoms with Gasteiger partial charge in [0.1, 0.15) is 5.06 Å². The van der Waals surface area contributed by atoms with Gasteiger partial charge >= 0.3 is 0 Å². The largest absolute Gasteiger partial charge is 0.375 e. The van der Waals surface area contributed by atoms with Gasteiger partial charge in [-0.25, -0.2) is 0 Å². The van der Waals surface area contributed by atoms with Gasteiger partial charge in [0.15, 0.2) is 0 Å². The van der Waals surface area contributed by atoms with Crippen LogP contribution in [0.1, 0.15) is 12.8 Å². The van der Waals surface area contributed by atoms with Crippen LogP contribution in [0, 0.1) is 0 Å². The zero-order valence-corrected chi connectivity index (χ0v) is 6.63. The van der Waals surface area contributed by atoms with Gasteiger partial charge < -0.3 is 10.4 Å². The Balaban J connectivity index is 0.000000640. The Bertz CT molecular complexity index is 79.0. The van der Waals surface area contributed by atoms with Gasteiger partial charge in [0.25, 0.3) is 0 Å². The zero-order valence-electron chi connectivity index (χ0n) is 5.06. The van der Waals surface area contributed by atoms with E-state index in [1.54, 1.807) is 0 Å². The molecule has 2 nitrogen and oxygen atoms in total. The quantitative estimate of drug-likeness (QED) is 0.527. The van der Waals surface area contributed by atoms with Crippen molar-refractivity contribution in [1.82, 2.24) is 5.32 Å². The first-order valence-electron chi connectivity index (χ1n) is 2.83. The van der Waals surface area contributed by atoms with Crippen LogP contribution >= 0.6 is 24.0 Å². The van der Waals surface area contributed by atoms with E-state index >= 15 is 0 Å². The van der Waals surface area contributed by atoms with Crippen molar-refractivity contribution in [2.45, 2.75) is 17.9 Å². The highest BCUT2D eigenvalue weighted by atomic mass is 35.5. The standard InChI is InChI=1S/C5H10ClNO.ClH/c6-5(8)1-3-7-4-2-5;/h7-8H,1-4H2;1H. The molecule has 1 fully saturated rings. The zero-order chi connectivity index (χ0) is 6.04. The lowest BCUT2D eigenvalue weighted by molar-refractivity contribution is 0.0936. The molecule has 0 unspecified atom stereocenters. The molecule has 9 heavy (non-hydrogen) atoms. The summed E-state index contributed by atoms with van der Waals surface area (Å²) in [5, 5.41) is 11.3. The Morgan fingerprint density at radius 3 is 2.00 bits per heavy atom. The molecule has 1 aliphatic rings. The van der Waals surface area contributed by atoms with Gasteiger partial charge in [0.05, 0.1) is 0 Å². The summed E-state index contributed by atoms with van der Waals surface area (Å²) < 4.78 is 0. The molecule has 0 saturated carbocycles. The van der Waals surface area contributed by atoms with Gasteiger partial charge in [-0.3, -0.25) is 0 Å². The number of alkyl halides is 1. The van der Waals surface area contributed by atoms with Crippen molar-refractivity contribution >= 4 is 24.0 Å². The van der Waals surface area contributed by atoms with Crippen LogP contribution in [0.4, 0.5) is 0 Å². The Labute approximate surface area is 66.0 Å². The number of hydrogen-bond donors (Lipinski definition) is 2. The average molecular weight is 172 g/mol. The van der Waals surface area contributed by atoms with Gasteiger partial charge in [-0.2, -0.15) is 0 Å². The van der Waals surface area contributed by atoms with E-state index < -0.39 is 5.06 Å². The van der Waals surface area contributed by atoms with Crippen LogP contribution in [0.25, 0.3) is 0 Å². The predicted octanol–water partition coefficient (Wildman–Crippen LogP) is 0.719. The molecular weight excluding hydrogens is 161 g/mol. The number of piperidine rings is 1. The second kappa shape index (κ2) is 3.62. The van der Waals surface area contributed by atoms with Crippen LogP contribution in [0.5, 0.6) is 0 Å². The highest BCUT2D eigenvalue weighted by Crippen LogP contribution is 2.21. The molecule has 2 N–H and O–H groups in total. The molecule has 0 aromatic carbocycles. The minimum absolute atomic E-state index is 0. The van der Waals surface area contributed by atoms with Crippen LogP contribution in [-0.4, -0.2) is 23.3 Å². The third kappa shape index (κ3) is 3.26. The van der Waals surface area contributed by atoms with Crippen molar-refractivity contribution in [2.75, 3.05) is 13.1 Å². The van der Waals surface area contributed by atoms with Crippen molar-refractivity contribution < 1.29 is 5.11 Å². The molecule has 0 aromatic heterocycles. The van der Waals surface area contributed by atoms with Crippen molar-refractivity contribution in [1.29, 1.82) is 0 Å². The molecule has 0 bridgehead atoms. The van der Waals surface area contributed by atoms with Gasteiger partial charge in [-0.05, 0) is 13.1 Å². The monoisotopic (exact) mass is 171 g/mol. The fourth-order valence-corrected chi connectivity index (χ4v) is 0.999. The second-order valence-electron chi connectivity index (χ2n) is 2.17. The molecule has 0 amide bonds. The summed E-state index contributed by atoms with van der Waals surface area (Å²) >= 11 is 5.59. The summed E-state index contributed by atoms with van der Waals surface area (Å²) in [6.45, 7) is 1.67. The lowest BCUT2D eigenvalue weighted by Gasteiger charge is -2.25. The number of aliphatic hydroxyl groups is 1. The van der Waals surface area contributed by atoms with Crippen LogP contribution < -0.4 is 5.32 Å². The van der Waals surface area contributed by atoms with E-state index in [-0.39, 0.29) is 12.4 Å². The number of hydrogen-bond acceptors (Lipinski definition) is 2. The smallest absolute Gasteiger partial charge is 0.141 e. The Morgan fingerprint density at radius 1 is 1.33 bits per heavy atom. The molecular formula is C5H11Cl2NO. The highest BCUT2D eigenvalue weighted by Gasteiger charge is 2.24. The number of rotatable bonds is 0. The highest BCUT2D eigenvalue weighted by molar-refractivity contribution is 6.22. The maximum absolute atomic E-state index is 9.10. The molecule has 0 aliphatic carbocycles. The summed E-state index contributed by atoms with van der Waals surface area (Å²) in [6.07, 6.45) is 1.32. The van der Waals surface area contributed by atoms with Crippen LogP contribution in [0.3, 0.4) is 0 Å². The van der Waals surface area contributed by atoms with E-state index in [2.05, 4.69) is 5.32 Å². The molecule has 0 spiro atoms. The van der Waals surface area contributed by atoms with E-state index in [4.69, 9.17) is 16.7 Å². The van der Waals surface area contributed by atoms with E-state index in [0.717, 1.165) is 13.1 Å². The Hall–Kier alpha value is 0.500. The van der Waals surface area contributed by atoms with Crippen LogP contribution in [0.15, 0.2) is 0 Å². The number of halogens is 2. The SMILES string of the molecule is Cl.OC1(Cl)CCNCC1. The summed E-state index contributed by atoms with van der Waals surface area (Å²) in [5.74, 6) is 0. The lowest BCUT2D eigenvalue weighted by Crippen LogP contribution is -2.37. The molecule has 0 aromatic rings. The first-order valence-corrected chi connectivity index (χ1v) is 3.20. The van der Waals surface area contributed by atoms with Crippen molar-refractivity contribution in [3.05, 3.63) is 0 Å². The maximum Gasteiger partial charge on any atom is 0.141 e. The molecule has 4 heteroatoms. The summed E-state index contributed by atoms with van der Waals surface area (Å²) in [4.78, 5) is 0. The molecule has 56 valence electrons. The molecule has 1 heterocycles.